The molecule has 4 aromatic rings. The third-order valence-electron chi connectivity index (χ3n) is 6.54. The van der Waals surface area contributed by atoms with Gasteiger partial charge in [0.05, 0.1) is 6.10 Å². The van der Waals surface area contributed by atoms with Crippen LogP contribution in [0.25, 0.3) is 16.6 Å². The Morgan fingerprint density at radius 3 is 2.45 bits per heavy atom. The number of aromatic amines is 1. The van der Waals surface area contributed by atoms with Gasteiger partial charge in [0.2, 0.25) is 0 Å². The van der Waals surface area contributed by atoms with Gasteiger partial charge < -0.3 is 15.0 Å². The SMILES string of the molecule is OC(CN1CCN(CCCc2c[nH]c3ccc(-n4cnnc4)cc23)CC1)c1ccc(F)cc1. The van der Waals surface area contributed by atoms with Crippen molar-refractivity contribution in [2.75, 3.05) is 39.3 Å². The van der Waals surface area contributed by atoms with Crippen LogP contribution in [0.4, 0.5) is 4.39 Å². The van der Waals surface area contributed by atoms with E-state index < -0.39 is 6.10 Å². The summed E-state index contributed by atoms with van der Waals surface area (Å²) in [6, 6.07) is 12.5. The molecule has 0 amide bonds. The van der Waals surface area contributed by atoms with Gasteiger partial charge in [-0.05, 0) is 60.8 Å². The van der Waals surface area contributed by atoms with Crippen molar-refractivity contribution >= 4 is 10.9 Å². The summed E-state index contributed by atoms with van der Waals surface area (Å²) in [6.45, 7) is 5.53. The summed E-state index contributed by atoms with van der Waals surface area (Å²) in [5.41, 5.74) is 4.31. The van der Waals surface area contributed by atoms with E-state index in [2.05, 4.69) is 49.4 Å². The van der Waals surface area contributed by atoms with Crippen LogP contribution in [0, 0.1) is 5.82 Å². The van der Waals surface area contributed by atoms with Crippen LogP contribution in [0.1, 0.15) is 23.7 Å². The summed E-state index contributed by atoms with van der Waals surface area (Å²) in [4.78, 5) is 8.17. The molecule has 1 aliphatic rings. The highest BCUT2D eigenvalue weighted by atomic mass is 19.1. The van der Waals surface area contributed by atoms with Crippen LogP contribution in [0.5, 0.6) is 0 Å². The third kappa shape index (κ3) is 5.13. The van der Waals surface area contributed by atoms with Crippen molar-refractivity contribution in [3.63, 3.8) is 0 Å². The Morgan fingerprint density at radius 2 is 1.70 bits per heavy atom. The third-order valence-corrected chi connectivity index (χ3v) is 6.54. The number of aliphatic hydroxyl groups excluding tert-OH is 1. The Kier molecular flexibility index (Phi) is 6.48. The molecule has 7 nitrogen and oxygen atoms in total. The number of aryl methyl sites for hydroxylation is 1. The zero-order valence-electron chi connectivity index (χ0n) is 18.6. The highest BCUT2D eigenvalue weighted by Gasteiger charge is 2.20. The molecule has 1 unspecified atom stereocenters. The molecule has 1 atom stereocenters. The fourth-order valence-corrected chi connectivity index (χ4v) is 4.59. The van der Waals surface area contributed by atoms with Gasteiger partial charge in [0.1, 0.15) is 18.5 Å². The molecule has 2 N–H and O–H groups in total. The molecule has 1 saturated heterocycles. The molecule has 1 fully saturated rings. The molecule has 2 aromatic heterocycles. The second-order valence-electron chi connectivity index (χ2n) is 8.73. The lowest BCUT2D eigenvalue weighted by Crippen LogP contribution is -2.47. The molecule has 8 heteroatoms. The molecule has 3 heterocycles. The summed E-state index contributed by atoms with van der Waals surface area (Å²) in [5.74, 6) is -0.275. The maximum atomic E-state index is 13.1. The van der Waals surface area contributed by atoms with Crippen LogP contribution in [-0.4, -0.2) is 73.9 Å². The van der Waals surface area contributed by atoms with E-state index in [1.54, 1.807) is 24.8 Å². The van der Waals surface area contributed by atoms with Gasteiger partial charge in [0, 0.05) is 55.5 Å². The lowest BCUT2D eigenvalue weighted by molar-refractivity contribution is 0.0722. The van der Waals surface area contributed by atoms with Crippen molar-refractivity contribution < 1.29 is 9.50 Å². The van der Waals surface area contributed by atoms with E-state index in [4.69, 9.17) is 0 Å². The van der Waals surface area contributed by atoms with Crippen LogP contribution in [0.2, 0.25) is 0 Å². The molecular weight excluding hydrogens is 419 g/mol. The number of aliphatic hydroxyl groups is 1. The molecule has 0 aliphatic carbocycles. The normalized spacial score (nSPS) is 16.4. The molecule has 0 radical (unpaired) electrons. The Balaban J connectivity index is 1.10. The first-order valence-electron chi connectivity index (χ1n) is 11.5. The molecule has 33 heavy (non-hydrogen) atoms. The minimum Gasteiger partial charge on any atom is -0.387 e. The number of fused-ring (bicyclic) bond motifs is 1. The maximum absolute atomic E-state index is 13.1. The van der Waals surface area contributed by atoms with Gasteiger partial charge in [-0.3, -0.25) is 9.47 Å². The molecule has 172 valence electrons. The van der Waals surface area contributed by atoms with Crippen molar-refractivity contribution in [3.8, 4) is 5.69 Å². The van der Waals surface area contributed by atoms with E-state index in [0.717, 1.165) is 62.3 Å². The highest BCUT2D eigenvalue weighted by molar-refractivity contribution is 5.85. The predicted octanol–water partition coefficient (Wildman–Crippen LogP) is 3.17. The predicted molar refractivity (Wildman–Crippen MR) is 126 cm³/mol. The minimum absolute atomic E-state index is 0.275. The van der Waals surface area contributed by atoms with E-state index in [1.807, 2.05) is 4.57 Å². The number of hydrogen-bond donors (Lipinski definition) is 2. The number of piperazine rings is 1. The van der Waals surface area contributed by atoms with Crippen LogP contribution in [0.3, 0.4) is 0 Å². The van der Waals surface area contributed by atoms with E-state index in [-0.39, 0.29) is 5.82 Å². The standard InChI is InChI=1S/C25H29FN6O/c26-21-5-3-19(4-6-21)25(33)16-31-12-10-30(11-13-31)9-1-2-20-15-27-24-8-7-22(14-23(20)24)32-17-28-29-18-32/h3-8,14-15,17-18,25,27,33H,1-2,9-13,16H2. The number of H-pyrrole nitrogens is 1. The first-order chi connectivity index (χ1) is 16.2. The lowest BCUT2D eigenvalue weighted by Gasteiger charge is -2.35. The Labute approximate surface area is 192 Å². The van der Waals surface area contributed by atoms with Gasteiger partial charge in [-0.15, -0.1) is 10.2 Å². The second-order valence-corrected chi connectivity index (χ2v) is 8.73. The smallest absolute Gasteiger partial charge is 0.123 e. The molecule has 0 spiro atoms. The average molecular weight is 449 g/mol. The lowest BCUT2D eigenvalue weighted by atomic mass is 10.1. The number of nitrogens with one attached hydrogen (secondary N) is 1. The number of nitrogens with zero attached hydrogens (tertiary/aromatic N) is 5. The Bertz CT molecular complexity index is 1170. The minimum atomic E-state index is -0.581. The van der Waals surface area contributed by atoms with Crippen LogP contribution >= 0.6 is 0 Å². The maximum Gasteiger partial charge on any atom is 0.123 e. The zero-order valence-corrected chi connectivity index (χ0v) is 18.6. The number of β-amino-alcohol motifs (C(OH)–C–C–N with tert-alkyl or cyclic N) is 1. The Hall–Kier alpha value is -3.07. The van der Waals surface area contributed by atoms with Gasteiger partial charge in [-0.2, -0.15) is 0 Å². The number of halogens is 1. The summed E-state index contributed by atoms with van der Waals surface area (Å²) in [7, 11) is 0. The van der Waals surface area contributed by atoms with Crippen molar-refractivity contribution in [1.82, 2.24) is 29.5 Å². The van der Waals surface area contributed by atoms with Gasteiger partial charge >= 0.3 is 0 Å². The van der Waals surface area contributed by atoms with Gasteiger partial charge in [-0.25, -0.2) is 4.39 Å². The van der Waals surface area contributed by atoms with E-state index >= 15 is 0 Å². The number of benzene rings is 2. The Morgan fingerprint density at radius 1 is 0.970 bits per heavy atom. The van der Waals surface area contributed by atoms with Crippen LogP contribution < -0.4 is 0 Å². The van der Waals surface area contributed by atoms with Crippen molar-refractivity contribution in [2.45, 2.75) is 18.9 Å². The van der Waals surface area contributed by atoms with Crippen molar-refractivity contribution in [1.29, 1.82) is 0 Å². The van der Waals surface area contributed by atoms with Gasteiger partial charge in [0.15, 0.2) is 0 Å². The molecule has 0 saturated carbocycles. The van der Waals surface area contributed by atoms with E-state index in [9.17, 15) is 9.50 Å². The molecule has 0 bridgehead atoms. The quantitative estimate of drug-likeness (QED) is 0.433. The summed E-state index contributed by atoms with van der Waals surface area (Å²) in [5, 5.41) is 19.5. The topological polar surface area (TPSA) is 73.2 Å². The largest absolute Gasteiger partial charge is 0.387 e. The van der Waals surface area contributed by atoms with Crippen molar-refractivity contribution in [3.05, 3.63) is 78.3 Å². The van der Waals surface area contributed by atoms with E-state index in [1.165, 1.54) is 23.1 Å². The summed E-state index contributed by atoms with van der Waals surface area (Å²) in [6.07, 6.45) is 7.09. The summed E-state index contributed by atoms with van der Waals surface area (Å²) >= 11 is 0. The van der Waals surface area contributed by atoms with Crippen molar-refractivity contribution in [2.24, 2.45) is 0 Å². The average Bonchev–Trinajstić information content (AvgIpc) is 3.51. The number of rotatable bonds is 8. The first-order valence-corrected chi connectivity index (χ1v) is 11.5. The molecule has 2 aromatic carbocycles. The van der Waals surface area contributed by atoms with Crippen LogP contribution in [0.15, 0.2) is 61.3 Å². The number of aromatic nitrogens is 4. The monoisotopic (exact) mass is 448 g/mol. The van der Waals surface area contributed by atoms with Gasteiger partial charge in [-0.1, -0.05) is 12.1 Å². The molecule has 5 rings (SSSR count). The molecular formula is C25H29FN6O. The summed E-state index contributed by atoms with van der Waals surface area (Å²) < 4.78 is 15.0. The number of hydrogen-bond acceptors (Lipinski definition) is 5. The highest BCUT2D eigenvalue weighted by Crippen LogP contribution is 2.23. The first kappa shape index (κ1) is 21.8. The zero-order chi connectivity index (χ0) is 22.6. The second kappa shape index (κ2) is 9.82. The molecule has 1 aliphatic heterocycles. The van der Waals surface area contributed by atoms with Gasteiger partial charge in [0.25, 0.3) is 0 Å². The fourth-order valence-electron chi connectivity index (χ4n) is 4.59. The van der Waals surface area contributed by atoms with E-state index in [0.29, 0.717) is 6.54 Å². The fraction of sp³-hybridized carbons (Fsp3) is 0.360. The van der Waals surface area contributed by atoms with Crippen LogP contribution in [-0.2, 0) is 6.42 Å².